The summed E-state index contributed by atoms with van der Waals surface area (Å²) in [4.78, 5) is 0. The Hall–Kier alpha value is -2.68. The Kier molecular flexibility index (Phi) is 3.57. The molecule has 0 N–H and O–H groups in total. The molecule has 2 aromatic heterocycles. The second kappa shape index (κ2) is 5.75. The van der Waals surface area contributed by atoms with Crippen LogP contribution in [0.1, 0.15) is 37.3 Å². The minimum absolute atomic E-state index is 0.493. The molecule has 24 heavy (non-hydrogen) atoms. The van der Waals surface area contributed by atoms with Crippen LogP contribution in [0.4, 0.5) is 0 Å². The van der Waals surface area contributed by atoms with Crippen LogP contribution in [0.15, 0.2) is 54.7 Å². The second-order valence-corrected chi connectivity index (χ2v) is 6.52. The topological polar surface area (TPSA) is 30.2 Å². The third kappa shape index (κ3) is 2.28. The maximum absolute atomic E-state index is 4.48. The van der Waals surface area contributed by atoms with Crippen molar-refractivity contribution in [3.63, 3.8) is 0 Å². The van der Waals surface area contributed by atoms with E-state index in [1.165, 1.54) is 21.9 Å². The molecule has 120 valence electrons. The number of nitrogens with zero attached hydrogens (tertiary/aromatic N) is 3. The second-order valence-electron chi connectivity index (χ2n) is 6.52. The molecule has 3 nitrogen and oxygen atoms in total. The Morgan fingerprint density at radius 3 is 2.38 bits per heavy atom. The first kappa shape index (κ1) is 14.9. The van der Waals surface area contributed by atoms with E-state index in [0.717, 1.165) is 23.5 Å². The van der Waals surface area contributed by atoms with E-state index < -0.39 is 0 Å². The number of aryl methyl sites for hydroxylation is 1. The van der Waals surface area contributed by atoms with Crippen molar-refractivity contribution in [1.29, 1.82) is 0 Å². The van der Waals surface area contributed by atoms with Gasteiger partial charge in [-0.3, -0.25) is 4.40 Å². The molecule has 1 atom stereocenters. The third-order valence-corrected chi connectivity index (χ3v) is 4.90. The highest BCUT2D eigenvalue weighted by Crippen LogP contribution is 2.31. The van der Waals surface area contributed by atoms with Gasteiger partial charge in [0, 0.05) is 17.1 Å². The first-order chi connectivity index (χ1) is 11.7. The van der Waals surface area contributed by atoms with Crippen molar-refractivity contribution in [2.24, 2.45) is 0 Å². The lowest BCUT2D eigenvalue weighted by Gasteiger charge is -2.14. The fraction of sp³-hybridized carbons (Fsp3) is 0.238. The number of hydrogen-bond acceptors (Lipinski definition) is 2. The molecule has 4 rings (SSSR count). The van der Waals surface area contributed by atoms with Crippen molar-refractivity contribution < 1.29 is 0 Å². The van der Waals surface area contributed by atoms with Gasteiger partial charge in [0.1, 0.15) is 0 Å². The maximum Gasteiger partial charge on any atom is 0.168 e. The molecule has 0 saturated carbocycles. The Morgan fingerprint density at radius 1 is 0.958 bits per heavy atom. The van der Waals surface area contributed by atoms with E-state index in [9.17, 15) is 0 Å². The molecule has 0 bridgehead atoms. The minimum Gasteiger partial charge on any atom is -0.282 e. The van der Waals surface area contributed by atoms with E-state index in [1.54, 1.807) is 0 Å². The van der Waals surface area contributed by atoms with Crippen LogP contribution in [-0.2, 0) is 0 Å². The van der Waals surface area contributed by atoms with Gasteiger partial charge in [0.15, 0.2) is 11.5 Å². The van der Waals surface area contributed by atoms with Gasteiger partial charge in [0.05, 0.1) is 0 Å². The SMILES string of the molecule is CCC(C)c1cn2c(-c3ccc(C)cc3)nnc2c2ccccc12. The van der Waals surface area contributed by atoms with Crippen molar-refractivity contribution in [2.45, 2.75) is 33.1 Å². The highest BCUT2D eigenvalue weighted by atomic mass is 15.2. The van der Waals surface area contributed by atoms with E-state index in [1.807, 2.05) is 0 Å². The molecular formula is C21H21N3. The normalized spacial score (nSPS) is 12.8. The van der Waals surface area contributed by atoms with Gasteiger partial charge in [0.2, 0.25) is 0 Å². The molecule has 3 heteroatoms. The van der Waals surface area contributed by atoms with Gasteiger partial charge < -0.3 is 0 Å². The molecule has 0 fully saturated rings. The highest BCUT2D eigenvalue weighted by Gasteiger charge is 2.16. The quantitative estimate of drug-likeness (QED) is 0.508. The standard InChI is InChI=1S/C21H21N3/c1-4-15(3)19-13-24-20(16-11-9-14(2)10-12-16)22-23-21(24)18-8-6-5-7-17(18)19/h5-13,15H,4H2,1-3H3. The van der Waals surface area contributed by atoms with Crippen molar-refractivity contribution in [3.8, 4) is 11.4 Å². The zero-order valence-electron chi connectivity index (χ0n) is 14.3. The predicted octanol–water partition coefficient (Wildman–Crippen LogP) is 5.37. The van der Waals surface area contributed by atoms with Crippen LogP contribution < -0.4 is 0 Å². The minimum atomic E-state index is 0.493. The summed E-state index contributed by atoms with van der Waals surface area (Å²) in [5, 5.41) is 11.4. The zero-order chi connectivity index (χ0) is 16.7. The molecular weight excluding hydrogens is 294 g/mol. The number of aromatic nitrogens is 3. The highest BCUT2D eigenvalue weighted by molar-refractivity contribution is 5.96. The average Bonchev–Trinajstić information content (AvgIpc) is 3.05. The largest absolute Gasteiger partial charge is 0.282 e. The fourth-order valence-corrected chi connectivity index (χ4v) is 3.25. The van der Waals surface area contributed by atoms with E-state index in [0.29, 0.717) is 5.92 Å². The lowest BCUT2D eigenvalue weighted by atomic mass is 9.95. The molecule has 0 aliphatic rings. The van der Waals surface area contributed by atoms with E-state index in [2.05, 4.69) is 90.1 Å². The van der Waals surface area contributed by atoms with Crippen LogP contribution in [0, 0.1) is 6.92 Å². The van der Waals surface area contributed by atoms with Gasteiger partial charge in [0.25, 0.3) is 0 Å². The maximum atomic E-state index is 4.48. The molecule has 0 amide bonds. The molecule has 0 spiro atoms. The average molecular weight is 315 g/mol. The van der Waals surface area contributed by atoms with Gasteiger partial charge >= 0.3 is 0 Å². The molecule has 0 aliphatic carbocycles. The van der Waals surface area contributed by atoms with Crippen LogP contribution in [0.3, 0.4) is 0 Å². The summed E-state index contributed by atoms with van der Waals surface area (Å²) >= 11 is 0. The van der Waals surface area contributed by atoms with Gasteiger partial charge in [-0.2, -0.15) is 0 Å². The number of hydrogen-bond donors (Lipinski definition) is 0. The summed E-state index contributed by atoms with van der Waals surface area (Å²) in [6, 6.07) is 17.0. The Morgan fingerprint density at radius 2 is 1.67 bits per heavy atom. The first-order valence-electron chi connectivity index (χ1n) is 8.52. The molecule has 2 aromatic carbocycles. The molecule has 2 heterocycles. The molecule has 0 radical (unpaired) electrons. The predicted molar refractivity (Wildman–Crippen MR) is 99.4 cm³/mol. The van der Waals surface area contributed by atoms with Crippen LogP contribution in [0.2, 0.25) is 0 Å². The Bertz CT molecular complexity index is 1010. The lowest BCUT2D eigenvalue weighted by molar-refractivity contribution is 0.734. The molecule has 4 aromatic rings. The van der Waals surface area contributed by atoms with Crippen molar-refractivity contribution in [2.75, 3.05) is 0 Å². The number of fused-ring (bicyclic) bond motifs is 3. The van der Waals surface area contributed by atoms with Crippen molar-refractivity contribution in [3.05, 3.63) is 65.9 Å². The van der Waals surface area contributed by atoms with Gasteiger partial charge in [-0.25, -0.2) is 0 Å². The summed E-state index contributed by atoms with van der Waals surface area (Å²) in [6.45, 7) is 6.61. The zero-order valence-corrected chi connectivity index (χ0v) is 14.3. The smallest absolute Gasteiger partial charge is 0.168 e. The fourth-order valence-electron chi connectivity index (χ4n) is 3.25. The van der Waals surface area contributed by atoms with Crippen LogP contribution in [0.25, 0.3) is 27.8 Å². The van der Waals surface area contributed by atoms with Crippen LogP contribution in [-0.4, -0.2) is 14.6 Å². The summed E-state index contributed by atoms with van der Waals surface area (Å²) in [5.41, 5.74) is 4.62. The van der Waals surface area contributed by atoms with Gasteiger partial charge in [-0.1, -0.05) is 67.9 Å². The lowest BCUT2D eigenvalue weighted by Crippen LogP contribution is -1.99. The van der Waals surface area contributed by atoms with Crippen LogP contribution >= 0.6 is 0 Å². The molecule has 1 unspecified atom stereocenters. The Balaban J connectivity index is 2.05. The number of benzene rings is 2. The molecule has 0 aliphatic heterocycles. The van der Waals surface area contributed by atoms with Crippen molar-refractivity contribution in [1.82, 2.24) is 14.6 Å². The van der Waals surface area contributed by atoms with E-state index in [-0.39, 0.29) is 0 Å². The van der Waals surface area contributed by atoms with Crippen LogP contribution in [0.5, 0.6) is 0 Å². The summed E-state index contributed by atoms with van der Waals surface area (Å²) in [5.74, 6) is 1.40. The third-order valence-electron chi connectivity index (χ3n) is 4.90. The van der Waals surface area contributed by atoms with Crippen molar-refractivity contribution >= 4 is 16.4 Å². The number of pyridine rings is 1. The summed E-state index contributed by atoms with van der Waals surface area (Å²) < 4.78 is 2.15. The molecule has 0 saturated heterocycles. The van der Waals surface area contributed by atoms with E-state index in [4.69, 9.17) is 0 Å². The van der Waals surface area contributed by atoms with Gasteiger partial charge in [-0.05, 0) is 30.2 Å². The monoisotopic (exact) mass is 315 g/mol. The van der Waals surface area contributed by atoms with Gasteiger partial charge in [-0.15, -0.1) is 10.2 Å². The summed E-state index contributed by atoms with van der Waals surface area (Å²) in [7, 11) is 0. The summed E-state index contributed by atoms with van der Waals surface area (Å²) in [6.07, 6.45) is 3.33. The first-order valence-corrected chi connectivity index (χ1v) is 8.52. The van der Waals surface area contributed by atoms with E-state index >= 15 is 0 Å². The number of rotatable bonds is 3. The Labute approximate surface area is 142 Å².